The van der Waals surface area contributed by atoms with Crippen molar-refractivity contribution in [3.8, 4) is 0 Å². The number of pyridine rings is 1. The predicted octanol–water partition coefficient (Wildman–Crippen LogP) is 9.33. The minimum Gasteiger partial charge on any atom is -0.474 e. The Balaban J connectivity index is 0.000000330. The van der Waals surface area contributed by atoms with Gasteiger partial charge in [0.05, 0.1) is 4.92 Å². The SMILES string of the molecule is CCC[CH2][Sn+]([CH2]CCC)[CH2]CCC.O=[N+]([O-])c1cc(Cl)cc2cc([C]3[CH][CH][CH][CH]3)cnc12.[C-]1[CH][CH][CH][CH]1.[Fe+2]. The van der Waals surface area contributed by atoms with Gasteiger partial charge in [-0.15, -0.1) is 0 Å². The van der Waals surface area contributed by atoms with E-state index in [-0.39, 0.29) is 22.8 Å². The van der Waals surface area contributed by atoms with Gasteiger partial charge in [-0.3, -0.25) is 10.1 Å². The molecule has 0 spiro atoms. The molecule has 7 heteroatoms. The number of rotatable bonds is 11. The number of non-ortho nitro benzene ring substituents is 1. The van der Waals surface area contributed by atoms with Crippen molar-refractivity contribution in [3.63, 3.8) is 0 Å². The number of halogens is 1. The summed E-state index contributed by atoms with van der Waals surface area (Å²) in [7, 11) is 0. The third-order valence-electron chi connectivity index (χ3n) is 6.07. The van der Waals surface area contributed by atoms with Crippen molar-refractivity contribution in [3.05, 3.63) is 109 Å². The molecule has 1 aromatic heterocycles. The zero-order valence-corrected chi connectivity index (χ0v) is 27.4. The summed E-state index contributed by atoms with van der Waals surface area (Å²) in [5, 5.41) is 12.0. The molecule has 2 fully saturated rings. The summed E-state index contributed by atoms with van der Waals surface area (Å²) in [6.45, 7) is 7.00. The van der Waals surface area contributed by atoms with Crippen LogP contribution in [0.3, 0.4) is 0 Å². The van der Waals surface area contributed by atoms with E-state index in [0.29, 0.717) is 15.9 Å². The molecule has 1 aromatic carbocycles. The van der Waals surface area contributed by atoms with Crippen LogP contribution in [-0.4, -0.2) is 29.7 Å². The monoisotopic (exact) mass is 682 g/mol. The molecule has 0 bridgehead atoms. The molecule has 0 unspecified atom stereocenters. The molecule has 2 saturated carbocycles. The first kappa shape index (κ1) is 35.7. The average molecular weight is 682 g/mol. The van der Waals surface area contributed by atoms with Gasteiger partial charge in [0.2, 0.25) is 0 Å². The fourth-order valence-corrected chi connectivity index (χ4v) is 13.7. The number of nitrogens with zero attached hydrogens (tertiary/aromatic N) is 2. The van der Waals surface area contributed by atoms with Crippen LogP contribution in [-0.2, 0) is 17.1 Å². The molecule has 0 saturated heterocycles. The summed E-state index contributed by atoms with van der Waals surface area (Å²) in [5.41, 5.74) is 1.19. The quantitative estimate of drug-likeness (QED) is 0.103. The summed E-state index contributed by atoms with van der Waals surface area (Å²) in [6.07, 6.45) is 28.8. The Morgan fingerprint density at radius 1 is 0.895 bits per heavy atom. The van der Waals surface area contributed by atoms with E-state index in [1.165, 1.54) is 44.6 Å². The molecule has 2 aliphatic carbocycles. The van der Waals surface area contributed by atoms with Gasteiger partial charge in [0.1, 0.15) is 5.52 Å². The van der Waals surface area contributed by atoms with Crippen LogP contribution in [0.4, 0.5) is 5.69 Å². The third-order valence-corrected chi connectivity index (χ3v) is 15.4. The van der Waals surface area contributed by atoms with Gasteiger partial charge in [-0.2, -0.15) is 0 Å². The van der Waals surface area contributed by atoms with Crippen LogP contribution in [0.5, 0.6) is 0 Å². The van der Waals surface area contributed by atoms with Gasteiger partial charge < -0.3 is 6.42 Å². The van der Waals surface area contributed by atoms with E-state index in [0.717, 1.165) is 11.5 Å². The molecular formula is C31H39ClFeN2O2Sn+2. The Bertz CT molecular complexity index is 894. The largest absolute Gasteiger partial charge is 2.00 e. The summed E-state index contributed by atoms with van der Waals surface area (Å²) in [4.78, 5) is 14.7. The van der Waals surface area contributed by atoms with E-state index in [9.17, 15) is 10.1 Å². The number of benzene rings is 1. The van der Waals surface area contributed by atoms with Crippen molar-refractivity contribution in [1.82, 2.24) is 4.98 Å². The number of nitro groups is 1. The molecular weight excluding hydrogens is 642 g/mol. The molecule has 0 N–H and O–H groups in total. The Kier molecular flexibility index (Phi) is 20.1. The van der Waals surface area contributed by atoms with E-state index >= 15 is 0 Å². The molecule has 2 aromatic rings. The van der Waals surface area contributed by atoms with Crippen LogP contribution in [0.2, 0.25) is 18.3 Å². The third kappa shape index (κ3) is 13.3. The molecule has 10 radical (unpaired) electrons. The van der Waals surface area contributed by atoms with Crippen LogP contribution in [0.25, 0.3) is 10.9 Å². The topological polar surface area (TPSA) is 56.0 Å². The first-order valence-electron chi connectivity index (χ1n) is 13.4. The Labute approximate surface area is 254 Å². The van der Waals surface area contributed by atoms with E-state index in [4.69, 9.17) is 11.6 Å². The summed E-state index contributed by atoms with van der Waals surface area (Å²) >= 11 is 5.07. The van der Waals surface area contributed by atoms with Crippen molar-refractivity contribution in [2.75, 3.05) is 0 Å². The van der Waals surface area contributed by atoms with Crippen molar-refractivity contribution < 1.29 is 22.0 Å². The molecule has 0 aliphatic heterocycles. The zero-order chi connectivity index (χ0) is 26.9. The molecule has 1 heterocycles. The maximum absolute atomic E-state index is 11.0. The fourth-order valence-electron chi connectivity index (χ4n) is 3.99. The van der Waals surface area contributed by atoms with Crippen molar-refractivity contribution in [2.45, 2.75) is 72.6 Å². The zero-order valence-electron chi connectivity index (χ0n) is 22.7. The molecule has 0 amide bonds. The van der Waals surface area contributed by atoms with Gasteiger partial charge in [0.15, 0.2) is 0 Å². The second-order valence-electron chi connectivity index (χ2n) is 9.10. The first-order chi connectivity index (χ1) is 18.0. The minimum atomic E-state index is -0.839. The van der Waals surface area contributed by atoms with Crippen molar-refractivity contribution in [1.29, 1.82) is 0 Å². The molecule has 4 rings (SSSR count). The Morgan fingerprint density at radius 3 is 1.89 bits per heavy atom. The van der Waals surface area contributed by atoms with Crippen LogP contribution in [0.1, 0.15) is 64.9 Å². The molecule has 38 heavy (non-hydrogen) atoms. The number of hydrogen-bond acceptors (Lipinski definition) is 3. The summed E-state index contributed by atoms with van der Waals surface area (Å²) < 4.78 is 5.04. The number of aromatic nitrogens is 1. The maximum Gasteiger partial charge on any atom is 2.00 e. The van der Waals surface area contributed by atoms with Crippen LogP contribution < -0.4 is 0 Å². The minimum absolute atomic E-state index is 0. The number of unbranched alkanes of at least 4 members (excludes halogenated alkanes) is 3. The summed E-state index contributed by atoms with van der Waals surface area (Å²) in [6, 6.07) is 4.86. The van der Waals surface area contributed by atoms with E-state index in [1.807, 2.05) is 57.4 Å². The second-order valence-corrected chi connectivity index (χ2v) is 18.1. The van der Waals surface area contributed by atoms with Gasteiger partial charge in [-0.1, -0.05) is 24.4 Å². The summed E-state index contributed by atoms with van der Waals surface area (Å²) in [5.74, 6) is 1.03. The molecule has 0 atom stereocenters. The average Bonchev–Trinajstić information content (AvgIpc) is 3.65. The number of hydrogen-bond donors (Lipinski definition) is 0. The molecule has 4 nitrogen and oxygen atoms in total. The predicted molar refractivity (Wildman–Crippen MR) is 158 cm³/mol. The molecule has 202 valence electrons. The number of fused-ring (bicyclic) bond motifs is 1. The first-order valence-corrected chi connectivity index (χ1v) is 19.8. The Hall–Kier alpha value is -0.362. The van der Waals surface area contributed by atoms with Gasteiger partial charge in [-0.25, -0.2) is 17.8 Å². The standard InChI is InChI=1S/C14H8ClN2O2.C5H4.3C4H9.Fe.Sn/c15-12-6-10-5-11(9-3-1-2-4-9)8-16-14(10)13(7-12)17(18)19;1-2-4-5-3-1;3*1-3-4-2;;/h1-8H;1-4H;3*1,3-4H2,2H3;;/q;-1;;;;+2;+1. The molecule has 2 aliphatic rings. The van der Waals surface area contributed by atoms with E-state index < -0.39 is 24.7 Å². The number of nitro benzene ring substituents is 1. The Morgan fingerprint density at radius 2 is 1.45 bits per heavy atom. The van der Waals surface area contributed by atoms with Gasteiger partial charge in [-0.05, 0) is 43.4 Å². The van der Waals surface area contributed by atoms with Crippen molar-refractivity contribution in [2.24, 2.45) is 0 Å². The van der Waals surface area contributed by atoms with Crippen LogP contribution >= 0.6 is 11.6 Å². The van der Waals surface area contributed by atoms with Crippen LogP contribution in [0, 0.1) is 73.8 Å². The normalized spacial score (nSPS) is 14.7. The maximum atomic E-state index is 11.0. The smallest absolute Gasteiger partial charge is 0.474 e. The van der Waals surface area contributed by atoms with E-state index in [2.05, 4.69) is 32.2 Å². The fraction of sp³-hybridized carbons (Fsp3) is 0.387. The van der Waals surface area contributed by atoms with Gasteiger partial charge in [0, 0.05) is 28.6 Å². The van der Waals surface area contributed by atoms with Crippen LogP contribution in [0.15, 0.2) is 24.4 Å². The van der Waals surface area contributed by atoms with E-state index in [1.54, 1.807) is 25.6 Å². The van der Waals surface area contributed by atoms with Crippen molar-refractivity contribution >= 4 is 48.0 Å². The van der Waals surface area contributed by atoms with Gasteiger partial charge >= 0.3 is 109 Å². The van der Waals surface area contributed by atoms with Gasteiger partial charge in [0.25, 0.3) is 5.69 Å². The second kappa shape index (κ2) is 21.4.